The summed E-state index contributed by atoms with van der Waals surface area (Å²) >= 11 is 0. The van der Waals surface area contributed by atoms with Gasteiger partial charge in [-0.3, -0.25) is 4.57 Å². The minimum Gasteiger partial charge on any atom is -0.396 e. The fourth-order valence-corrected chi connectivity index (χ4v) is 2.13. The molecule has 0 aromatic carbocycles. The zero-order valence-corrected chi connectivity index (χ0v) is 10.6. The maximum absolute atomic E-state index is 11.8. The number of hydrogen-bond donors (Lipinski definition) is 5. The van der Waals surface area contributed by atoms with Gasteiger partial charge in [-0.05, 0) is 0 Å². The molecular formula is C11H17N3O6. The Balaban J connectivity index is 2.38. The molecule has 9 heteroatoms. The van der Waals surface area contributed by atoms with E-state index in [2.05, 4.69) is 4.98 Å². The van der Waals surface area contributed by atoms with Crippen molar-refractivity contribution < 1.29 is 25.2 Å². The molecule has 4 atom stereocenters. The lowest BCUT2D eigenvalue weighted by Gasteiger charge is -2.18. The fraction of sp³-hybridized carbons (Fsp3) is 0.636. The molecule has 6 N–H and O–H groups in total. The monoisotopic (exact) mass is 287 g/mol. The number of anilines is 1. The summed E-state index contributed by atoms with van der Waals surface area (Å²) in [5.41, 5.74) is 5.23. The van der Waals surface area contributed by atoms with E-state index in [0.717, 1.165) is 4.57 Å². The van der Waals surface area contributed by atoms with Crippen molar-refractivity contribution in [2.75, 3.05) is 18.9 Å². The van der Waals surface area contributed by atoms with Crippen LogP contribution >= 0.6 is 0 Å². The van der Waals surface area contributed by atoms with E-state index >= 15 is 0 Å². The normalized spacial score (nSPS) is 29.8. The Morgan fingerprint density at radius 3 is 2.60 bits per heavy atom. The van der Waals surface area contributed by atoms with Crippen molar-refractivity contribution in [3.63, 3.8) is 0 Å². The van der Waals surface area contributed by atoms with Gasteiger partial charge in [0.05, 0.1) is 6.61 Å². The number of hydrogen-bond acceptors (Lipinski definition) is 8. The number of ether oxygens (including phenoxy) is 1. The summed E-state index contributed by atoms with van der Waals surface area (Å²) in [6.45, 7) is -0.671. The van der Waals surface area contributed by atoms with Crippen molar-refractivity contribution in [2.45, 2.75) is 31.0 Å². The molecule has 0 spiro atoms. The molecule has 20 heavy (non-hydrogen) atoms. The third-order valence-electron chi connectivity index (χ3n) is 3.23. The summed E-state index contributed by atoms with van der Waals surface area (Å²) in [6.07, 6.45) is -3.33. The van der Waals surface area contributed by atoms with E-state index in [1.54, 1.807) is 0 Å². The number of rotatable bonds is 4. The molecular weight excluding hydrogens is 270 g/mol. The molecule has 9 nitrogen and oxygen atoms in total. The molecule has 1 aliphatic heterocycles. The summed E-state index contributed by atoms with van der Waals surface area (Å²) in [4.78, 5) is 15.4. The first kappa shape index (κ1) is 14.9. The second-order valence-corrected chi connectivity index (χ2v) is 4.54. The maximum Gasteiger partial charge on any atom is 0.351 e. The number of nitrogen functional groups attached to an aromatic ring is 1. The molecule has 1 fully saturated rings. The molecule has 0 amide bonds. The van der Waals surface area contributed by atoms with Gasteiger partial charge in [0.1, 0.15) is 24.1 Å². The van der Waals surface area contributed by atoms with Crippen LogP contribution in [0.2, 0.25) is 0 Å². The predicted molar refractivity (Wildman–Crippen MR) is 66.7 cm³/mol. The summed E-state index contributed by atoms with van der Waals surface area (Å²) < 4.78 is 6.24. The van der Waals surface area contributed by atoms with E-state index < -0.39 is 36.8 Å². The first-order chi connectivity index (χ1) is 9.49. The van der Waals surface area contributed by atoms with E-state index in [0.29, 0.717) is 5.56 Å². The quantitative estimate of drug-likeness (QED) is 0.392. The van der Waals surface area contributed by atoms with Crippen molar-refractivity contribution in [3.05, 3.63) is 22.2 Å². The molecule has 0 radical (unpaired) electrons. The highest BCUT2D eigenvalue weighted by molar-refractivity contribution is 5.36. The van der Waals surface area contributed by atoms with Crippen molar-refractivity contribution in [3.8, 4) is 0 Å². The predicted octanol–water partition coefficient (Wildman–Crippen LogP) is -3.03. The molecule has 2 heterocycles. The minimum absolute atomic E-state index is 0.00737. The van der Waals surface area contributed by atoms with Gasteiger partial charge in [-0.15, -0.1) is 0 Å². The Morgan fingerprint density at radius 2 is 2.05 bits per heavy atom. The first-order valence-corrected chi connectivity index (χ1v) is 6.10. The van der Waals surface area contributed by atoms with E-state index in [1.807, 2.05) is 0 Å². The number of nitrogens with zero attached hydrogens (tertiary/aromatic N) is 2. The molecule has 2 rings (SSSR count). The van der Waals surface area contributed by atoms with Gasteiger partial charge in [-0.25, -0.2) is 4.79 Å². The van der Waals surface area contributed by atoms with Gasteiger partial charge in [0, 0.05) is 24.8 Å². The highest BCUT2D eigenvalue weighted by atomic mass is 16.6. The fourth-order valence-electron chi connectivity index (χ4n) is 2.13. The van der Waals surface area contributed by atoms with E-state index in [1.165, 1.54) is 6.20 Å². The van der Waals surface area contributed by atoms with Gasteiger partial charge in [0.25, 0.3) is 0 Å². The van der Waals surface area contributed by atoms with Crippen LogP contribution in [0.4, 0.5) is 5.82 Å². The van der Waals surface area contributed by atoms with Crippen molar-refractivity contribution in [1.29, 1.82) is 0 Å². The molecule has 1 aliphatic rings. The summed E-state index contributed by atoms with van der Waals surface area (Å²) in [5, 5.41) is 37.5. The molecule has 1 saturated heterocycles. The highest BCUT2D eigenvalue weighted by Crippen LogP contribution is 2.28. The Hall–Kier alpha value is -1.52. The number of nitrogens with two attached hydrogens (primary N) is 1. The van der Waals surface area contributed by atoms with Gasteiger partial charge in [-0.1, -0.05) is 0 Å². The molecule has 112 valence electrons. The van der Waals surface area contributed by atoms with Crippen LogP contribution < -0.4 is 11.4 Å². The van der Waals surface area contributed by atoms with E-state index in [9.17, 15) is 15.0 Å². The molecule has 0 unspecified atom stereocenters. The van der Waals surface area contributed by atoms with Crippen LogP contribution in [0.3, 0.4) is 0 Å². The van der Waals surface area contributed by atoms with Crippen LogP contribution in [0.1, 0.15) is 11.8 Å². The smallest absolute Gasteiger partial charge is 0.351 e. The second-order valence-electron chi connectivity index (χ2n) is 4.54. The summed E-state index contributed by atoms with van der Waals surface area (Å²) in [6, 6.07) is 0. The zero-order chi connectivity index (χ0) is 14.9. The average Bonchev–Trinajstić information content (AvgIpc) is 2.70. The van der Waals surface area contributed by atoms with Crippen LogP contribution in [-0.2, 0) is 11.2 Å². The van der Waals surface area contributed by atoms with Crippen LogP contribution in [0.5, 0.6) is 0 Å². The zero-order valence-electron chi connectivity index (χ0n) is 10.6. The maximum atomic E-state index is 11.8. The standard InChI is InChI=1S/C11H17N3O6/c12-9-5(1-2-15)3-14(11(19)13-9)10-8(18)7(17)6(4-16)20-10/h3,6-8,10,15-18H,1-2,4H2,(H2,12,13,19)/t6-,7-,8-,10-/m1/s1. The Kier molecular flexibility index (Phi) is 4.35. The lowest BCUT2D eigenvalue weighted by molar-refractivity contribution is -0.0550. The van der Waals surface area contributed by atoms with Crippen molar-refractivity contribution in [2.24, 2.45) is 0 Å². The van der Waals surface area contributed by atoms with E-state index in [-0.39, 0.29) is 18.8 Å². The van der Waals surface area contributed by atoms with Gasteiger partial charge < -0.3 is 30.9 Å². The number of aliphatic hydroxyl groups excluding tert-OH is 4. The Bertz CT molecular complexity index is 533. The Morgan fingerprint density at radius 1 is 1.35 bits per heavy atom. The molecule has 0 bridgehead atoms. The summed E-state index contributed by atoms with van der Waals surface area (Å²) in [7, 11) is 0. The van der Waals surface area contributed by atoms with E-state index in [4.69, 9.17) is 20.7 Å². The lowest BCUT2D eigenvalue weighted by atomic mass is 10.1. The van der Waals surface area contributed by atoms with Crippen LogP contribution in [-0.4, -0.2) is 61.5 Å². The second kappa shape index (κ2) is 5.85. The van der Waals surface area contributed by atoms with Crippen LogP contribution in [0.15, 0.2) is 11.0 Å². The Labute approximate surface area is 113 Å². The van der Waals surface area contributed by atoms with Gasteiger partial charge in [-0.2, -0.15) is 4.98 Å². The lowest BCUT2D eigenvalue weighted by Crippen LogP contribution is -2.36. The number of aliphatic hydroxyl groups is 4. The summed E-state index contributed by atoms with van der Waals surface area (Å²) in [5.74, 6) is -0.00737. The number of aromatic nitrogens is 2. The third-order valence-corrected chi connectivity index (χ3v) is 3.23. The third kappa shape index (κ3) is 2.53. The molecule has 0 saturated carbocycles. The molecule has 1 aromatic heterocycles. The van der Waals surface area contributed by atoms with Crippen molar-refractivity contribution >= 4 is 5.82 Å². The first-order valence-electron chi connectivity index (χ1n) is 6.10. The van der Waals surface area contributed by atoms with Crippen LogP contribution in [0, 0.1) is 0 Å². The molecule has 1 aromatic rings. The molecule has 0 aliphatic carbocycles. The average molecular weight is 287 g/mol. The van der Waals surface area contributed by atoms with Gasteiger partial charge >= 0.3 is 5.69 Å². The largest absolute Gasteiger partial charge is 0.396 e. The van der Waals surface area contributed by atoms with Gasteiger partial charge in [0.2, 0.25) is 0 Å². The highest BCUT2D eigenvalue weighted by Gasteiger charge is 2.43. The minimum atomic E-state index is -1.38. The SMILES string of the molecule is Nc1nc(=O)n([C@@H]2O[C@H](CO)[C@@H](O)[C@H]2O)cc1CCO. The topological polar surface area (TPSA) is 151 Å². The van der Waals surface area contributed by atoms with Crippen LogP contribution in [0.25, 0.3) is 0 Å². The van der Waals surface area contributed by atoms with Crippen molar-refractivity contribution in [1.82, 2.24) is 9.55 Å². The van der Waals surface area contributed by atoms with Gasteiger partial charge in [0.15, 0.2) is 6.23 Å².